The van der Waals surface area contributed by atoms with Crippen LogP contribution in [0, 0.1) is 12.3 Å². The van der Waals surface area contributed by atoms with Gasteiger partial charge in [-0.3, -0.25) is 0 Å². The van der Waals surface area contributed by atoms with Crippen LogP contribution in [0.1, 0.15) is 35.4 Å². The molecule has 40 heavy (non-hydrogen) atoms. The smallest absolute Gasteiger partial charge is 0.410 e. The summed E-state index contributed by atoms with van der Waals surface area (Å²) in [6.07, 6.45) is 6.43. The maximum Gasteiger partial charge on any atom is 0.410 e. The number of piperidine rings is 1. The molecule has 210 valence electrons. The second kappa shape index (κ2) is 15.6. The van der Waals surface area contributed by atoms with Gasteiger partial charge in [0.25, 0.3) is 0 Å². The Morgan fingerprint density at radius 3 is 2.52 bits per heavy atom. The van der Waals surface area contributed by atoms with Crippen molar-refractivity contribution < 1.29 is 28.5 Å². The van der Waals surface area contributed by atoms with E-state index in [4.69, 9.17) is 30.1 Å². The number of likely N-dealkylation sites (tertiary alicyclic amines) is 1. The summed E-state index contributed by atoms with van der Waals surface area (Å²) in [6.45, 7) is 3.10. The van der Waals surface area contributed by atoms with Crippen LogP contribution >= 0.6 is 0 Å². The van der Waals surface area contributed by atoms with E-state index < -0.39 is 0 Å². The first-order valence-corrected chi connectivity index (χ1v) is 13.6. The molecule has 0 aliphatic carbocycles. The third-order valence-electron chi connectivity index (χ3n) is 6.86. The molecular weight excluding hydrogens is 506 g/mol. The molecule has 0 aromatic heterocycles. The highest BCUT2D eigenvalue weighted by molar-refractivity contribution is 5.68. The van der Waals surface area contributed by atoms with Gasteiger partial charge in [0.15, 0.2) is 0 Å². The lowest BCUT2D eigenvalue weighted by atomic mass is 9.87. The molecule has 7 heteroatoms. The average molecular weight is 544 g/mol. The van der Waals surface area contributed by atoms with Crippen LogP contribution in [-0.4, -0.2) is 57.1 Å². The standard InChI is InChI=1S/C33H37NO6/c1-3-20-39-32-23-34(33(35)40-24-26-10-5-4-6-11-26)19-18-30(32)27-14-16-29(17-15-27)38-22-9-21-37-25-28-12-7-8-13-31(28)36-2/h1,4-8,10-17,30,32H,9,18-25H2,2H3. The summed E-state index contributed by atoms with van der Waals surface area (Å²) in [5.41, 5.74) is 3.11. The number of rotatable bonds is 13. The molecule has 1 saturated heterocycles. The Morgan fingerprint density at radius 2 is 1.75 bits per heavy atom. The Hall–Kier alpha value is -3.99. The number of amides is 1. The summed E-state index contributed by atoms with van der Waals surface area (Å²) in [6, 6.07) is 25.6. The zero-order valence-corrected chi connectivity index (χ0v) is 23.0. The number of ether oxygens (including phenoxy) is 5. The molecule has 1 aliphatic heterocycles. The van der Waals surface area contributed by atoms with E-state index >= 15 is 0 Å². The highest BCUT2D eigenvalue weighted by Crippen LogP contribution is 2.32. The van der Waals surface area contributed by atoms with Crippen LogP contribution in [0.25, 0.3) is 0 Å². The molecule has 0 bridgehead atoms. The van der Waals surface area contributed by atoms with E-state index in [0.717, 1.165) is 41.0 Å². The monoisotopic (exact) mass is 543 g/mol. The summed E-state index contributed by atoms with van der Waals surface area (Å²) < 4.78 is 28.6. The molecule has 3 aromatic carbocycles. The fourth-order valence-corrected chi connectivity index (χ4v) is 4.76. The van der Waals surface area contributed by atoms with E-state index in [1.54, 1.807) is 12.0 Å². The van der Waals surface area contributed by atoms with Crippen molar-refractivity contribution >= 4 is 6.09 Å². The first-order valence-electron chi connectivity index (χ1n) is 13.6. The van der Waals surface area contributed by atoms with Crippen molar-refractivity contribution in [1.82, 2.24) is 4.90 Å². The summed E-state index contributed by atoms with van der Waals surface area (Å²) in [5, 5.41) is 0. The SMILES string of the molecule is C#CCOC1CN(C(=O)OCc2ccccc2)CCC1c1ccc(OCCCOCc2ccccc2OC)cc1. The summed E-state index contributed by atoms with van der Waals surface area (Å²) >= 11 is 0. The zero-order chi connectivity index (χ0) is 28.0. The second-order valence-electron chi connectivity index (χ2n) is 9.57. The van der Waals surface area contributed by atoms with Crippen molar-refractivity contribution in [1.29, 1.82) is 0 Å². The van der Waals surface area contributed by atoms with E-state index in [9.17, 15) is 4.79 Å². The molecule has 2 unspecified atom stereocenters. The molecule has 0 radical (unpaired) electrons. The number of para-hydroxylation sites is 1. The number of carbonyl (C=O) groups excluding carboxylic acids is 1. The van der Waals surface area contributed by atoms with Gasteiger partial charge in [0.2, 0.25) is 0 Å². The van der Waals surface area contributed by atoms with Gasteiger partial charge >= 0.3 is 6.09 Å². The van der Waals surface area contributed by atoms with Gasteiger partial charge in [-0.1, -0.05) is 66.6 Å². The number of benzene rings is 3. The van der Waals surface area contributed by atoms with Gasteiger partial charge in [-0.15, -0.1) is 6.42 Å². The van der Waals surface area contributed by atoms with Crippen molar-refractivity contribution in [3.63, 3.8) is 0 Å². The van der Waals surface area contributed by atoms with Crippen LogP contribution < -0.4 is 9.47 Å². The summed E-state index contributed by atoms with van der Waals surface area (Å²) in [5.74, 6) is 4.30. The Labute approximate surface area is 237 Å². The lowest BCUT2D eigenvalue weighted by Gasteiger charge is -2.37. The van der Waals surface area contributed by atoms with Gasteiger partial charge in [0.05, 0.1) is 39.6 Å². The van der Waals surface area contributed by atoms with E-state index in [1.165, 1.54) is 0 Å². The van der Waals surface area contributed by atoms with Crippen molar-refractivity contribution in [2.45, 2.75) is 38.1 Å². The first kappa shape index (κ1) is 29.0. The molecule has 2 atom stereocenters. The van der Waals surface area contributed by atoms with Gasteiger partial charge < -0.3 is 28.6 Å². The number of carbonyl (C=O) groups is 1. The van der Waals surface area contributed by atoms with Crippen LogP contribution in [0.3, 0.4) is 0 Å². The maximum absolute atomic E-state index is 12.7. The van der Waals surface area contributed by atoms with Crippen LogP contribution in [0.4, 0.5) is 4.79 Å². The largest absolute Gasteiger partial charge is 0.496 e. The average Bonchev–Trinajstić information content (AvgIpc) is 3.01. The topological polar surface area (TPSA) is 66.5 Å². The maximum atomic E-state index is 12.7. The van der Waals surface area contributed by atoms with Gasteiger partial charge in [0.1, 0.15) is 24.7 Å². The predicted octanol–water partition coefficient (Wildman–Crippen LogP) is 5.83. The molecule has 1 aliphatic rings. The molecule has 3 aromatic rings. The predicted molar refractivity (Wildman–Crippen MR) is 153 cm³/mol. The third kappa shape index (κ3) is 8.51. The van der Waals surface area contributed by atoms with E-state index in [1.807, 2.05) is 66.7 Å². The van der Waals surface area contributed by atoms with Crippen molar-refractivity contribution in [2.24, 2.45) is 0 Å². The number of methoxy groups -OCH3 is 1. The molecule has 4 rings (SSSR count). The van der Waals surface area contributed by atoms with Crippen LogP contribution in [0.15, 0.2) is 78.9 Å². The molecule has 7 nitrogen and oxygen atoms in total. The van der Waals surface area contributed by atoms with E-state index in [0.29, 0.717) is 32.9 Å². The van der Waals surface area contributed by atoms with Crippen LogP contribution in [-0.2, 0) is 27.4 Å². The number of terminal acetylenes is 1. The minimum Gasteiger partial charge on any atom is -0.496 e. The Balaban J connectivity index is 1.22. The molecule has 1 amide bonds. The second-order valence-corrected chi connectivity index (χ2v) is 9.57. The van der Waals surface area contributed by atoms with Crippen molar-refractivity contribution in [3.8, 4) is 23.8 Å². The van der Waals surface area contributed by atoms with Crippen molar-refractivity contribution in [2.75, 3.05) is 40.0 Å². The minimum absolute atomic E-state index is 0.115. The van der Waals surface area contributed by atoms with Crippen LogP contribution in [0.5, 0.6) is 11.5 Å². The van der Waals surface area contributed by atoms with Gasteiger partial charge in [-0.05, 0) is 35.7 Å². The zero-order valence-electron chi connectivity index (χ0n) is 23.0. The van der Waals surface area contributed by atoms with Gasteiger partial charge in [-0.2, -0.15) is 0 Å². The normalized spacial score (nSPS) is 16.6. The van der Waals surface area contributed by atoms with Gasteiger partial charge in [-0.25, -0.2) is 4.79 Å². The van der Waals surface area contributed by atoms with E-state index in [2.05, 4.69) is 18.1 Å². The fourth-order valence-electron chi connectivity index (χ4n) is 4.76. The molecule has 0 saturated carbocycles. The molecular formula is C33H37NO6. The quantitative estimate of drug-likeness (QED) is 0.200. The third-order valence-corrected chi connectivity index (χ3v) is 6.86. The lowest BCUT2D eigenvalue weighted by molar-refractivity contribution is -0.00331. The molecule has 1 heterocycles. The molecule has 0 spiro atoms. The molecule has 1 fully saturated rings. The minimum atomic E-state index is -0.341. The number of nitrogens with zero attached hydrogens (tertiary/aromatic N) is 1. The Bertz CT molecular complexity index is 1220. The Morgan fingerprint density at radius 1 is 0.975 bits per heavy atom. The van der Waals surface area contributed by atoms with Crippen molar-refractivity contribution in [3.05, 3.63) is 95.6 Å². The number of hydrogen-bond acceptors (Lipinski definition) is 6. The van der Waals surface area contributed by atoms with Crippen LogP contribution in [0.2, 0.25) is 0 Å². The fraction of sp³-hybridized carbons (Fsp3) is 0.364. The highest BCUT2D eigenvalue weighted by atomic mass is 16.6. The summed E-state index contributed by atoms with van der Waals surface area (Å²) in [4.78, 5) is 14.4. The number of hydrogen-bond donors (Lipinski definition) is 0. The van der Waals surface area contributed by atoms with Gasteiger partial charge in [0, 0.05) is 24.4 Å². The summed E-state index contributed by atoms with van der Waals surface area (Å²) in [7, 11) is 1.66. The highest BCUT2D eigenvalue weighted by Gasteiger charge is 2.33. The Kier molecular flexibility index (Phi) is 11.3. The molecule has 0 N–H and O–H groups in total. The van der Waals surface area contributed by atoms with E-state index in [-0.39, 0.29) is 31.3 Å². The first-order chi connectivity index (χ1) is 19.7. The lowest BCUT2D eigenvalue weighted by Crippen LogP contribution is -2.47.